The third kappa shape index (κ3) is 5.01. The minimum absolute atomic E-state index is 0.103. The highest BCUT2D eigenvalue weighted by molar-refractivity contribution is 7.17. The van der Waals surface area contributed by atoms with Crippen molar-refractivity contribution < 1.29 is 9.59 Å². The molecule has 4 aromatic rings. The molecule has 0 saturated carbocycles. The summed E-state index contributed by atoms with van der Waals surface area (Å²) in [6.45, 7) is 2.22. The Hall–Kier alpha value is -3.78. The number of nitrogens with zero attached hydrogens (tertiary/aromatic N) is 2. The summed E-state index contributed by atoms with van der Waals surface area (Å²) >= 11 is 1.43. The van der Waals surface area contributed by atoms with Crippen LogP contribution in [0, 0.1) is 6.92 Å². The predicted octanol–water partition coefficient (Wildman–Crippen LogP) is 3.75. The van der Waals surface area contributed by atoms with E-state index >= 15 is 0 Å². The van der Waals surface area contributed by atoms with Gasteiger partial charge in [-0.1, -0.05) is 48.0 Å². The number of para-hydroxylation sites is 1. The van der Waals surface area contributed by atoms with Gasteiger partial charge in [0.05, 0.1) is 18.1 Å². The van der Waals surface area contributed by atoms with Gasteiger partial charge in [-0.25, -0.2) is 4.98 Å². The standard InChI is InChI=1S/C25H24N4O3S/c1-16-7-9-17(10-8-16)19-14-33-24-23(19)25(32)29(15-27-24)12-11-21(30)28-20-6-4-3-5-18(20)13-22(31)26-2/h3-10,14-15H,11-13H2,1-2H3,(H,26,31)(H,28,30). The highest BCUT2D eigenvalue weighted by Crippen LogP contribution is 2.30. The number of likely N-dealkylation sites (N-methyl/N-ethyl adjacent to an activating group) is 1. The van der Waals surface area contributed by atoms with Crippen molar-refractivity contribution in [1.82, 2.24) is 14.9 Å². The van der Waals surface area contributed by atoms with Gasteiger partial charge in [-0.15, -0.1) is 11.3 Å². The van der Waals surface area contributed by atoms with Crippen molar-refractivity contribution in [3.05, 3.63) is 81.7 Å². The summed E-state index contributed by atoms with van der Waals surface area (Å²) < 4.78 is 1.47. The molecule has 4 rings (SSSR count). The molecule has 8 heteroatoms. The summed E-state index contributed by atoms with van der Waals surface area (Å²) in [7, 11) is 1.57. The van der Waals surface area contributed by atoms with E-state index in [9.17, 15) is 14.4 Å². The Kier molecular flexibility index (Phi) is 6.65. The minimum atomic E-state index is -0.240. The Morgan fingerprint density at radius 3 is 2.58 bits per heavy atom. The van der Waals surface area contributed by atoms with Crippen molar-refractivity contribution in [3.63, 3.8) is 0 Å². The van der Waals surface area contributed by atoms with Crippen molar-refractivity contribution in [3.8, 4) is 11.1 Å². The van der Waals surface area contributed by atoms with Crippen LogP contribution in [0.2, 0.25) is 0 Å². The number of hydrogen-bond acceptors (Lipinski definition) is 5. The van der Waals surface area contributed by atoms with Crippen LogP contribution in [0.3, 0.4) is 0 Å². The van der Waals surface area contributed by atoms with Crippen LogP contribution in [0.25, 0.3) is 21.3 Å². The van der Waals surface area contributed by atoms with E-state index in [1.165, 1.54) is 22.2 Å². The van der Waals surface area contributed by atoms with Crippen molar-refractivity contribution in [1.29, 1.82) is 0 Å². The molecule has 0 fully saturated rings. The van der Waals surface area contributed by atoms with Crippen LogP contribution in [0.4, 0.5) is 5.69 Å². The molecule has 2 aromatic carbocycles. The molecule has 0 spiro atoms. The van der Waals surface area contributed by atoms with E-state index in [-0.39, 0.29) is 36.8 Å². The lowest BCUT2D eigenvalue weighted by molar-refractivity contribution is -0.120. The molecule has 0 aliphatic rings. The van der Waals surface area contributed by atoms with Crippen molar-refractivity contribution in [2.75, 3.05) is 12.4 Å². The Bertz CT molecular complexity index is 1370. The van der Waals surface area contributed by atoms with Gasteiger partial charge in [-0.3, -0.25) is 19.0 Å². The fourth-order valence-corrected chi connectivity index (χ4v) is 4.47. The molecule has 2 amide bonds. The summed E-state index contributed by atoms with van der Waals surface area (Å²) in [6.07, 6.45) is 1.77. The second-order valence-corrected chi connectivity index (χ2v) is 8.60. The fraction of sp³-hybridized carbons (Fsp3) is 0.200. The summed E-state index contributed by atoms with van der Waals surface area (Å²) in [5.41, 5.74) is 4.13. The molecule has 2 N–H and O–H groups in total. The first-order chi connectivity index (χ1) is 16.0. The molecular weight excluding hydrogens is 436 g/mol. The van der Waals surface area contributed by atoms with Crippen LogP contribution in [0.1, 0.15) is 17.5 Å². The molecule has 2 aromatic heterocycles. The van der Waals surface area contributed by atoms with E-state index in [1.54, 1.807) is 25.2 Å². The summed E-state index contributed by atoms with van der Waals surface area (Å²) in [5, 5.41) is 7.95. The van der Waals surface area contributed by atoms with Gasteiger partial charge in [0.2, 0.25) is 11.8 Å². The zero-order chi connectivity index (χ0) is 23.4. The second kappa shape index (κ2) is 9.79. The molecule has 0 atom stereocenters. The number of nitrogens with one attached hydrogen (secondary N) is 2. The number of rotatable bonds is 7. The number of carbonyl (C=O) groups is 2. The largest absolute Gasteiger partial charge is 0.359 e. The molecule has 2 heterocycles. The smallest absolute Gasteiger partial charge is 0.262 e. The van der Waals surface area contributed by atoms with Gasteiger partial charge >= 0.3 is 0 Å². The van der Waals surface area contributed by atoms with Crippen LogP contribution in [0.15, 0.2) is 65.0 Å². The normalized spacial score (nSPS) is 10.8. The molecule has 0 bridgehead atoms. The first-order valence-electron chi connectivity index (χ1n) is 10.6. The lowest BCUT2D eigenvalue weighted by Gasteiger charge is -2.11. The van der Waals surface area contributed by atoms with Gasteiger partial charge in [0.15, 0.2) is 0 Å². The van der Waals surface area contributed by atoms with Crippen molar-refractivity contribution in [2.45, 2.75) is 26.3 Å². The molecule has 0 unspecified atom stereocenters. The SMILES string of the molecule is CNC(=O)Cc1ccccc1NC(=O)CCn1cnc2scc(-c3ccc(C)cc3)c2c1=O. The number of thiophene rings is 1. The summed E-state index contributed by atoms with van der Waals surface area (Å²) in [6, 6.07) is 15.2. The number of amides is 2. The third-order valence-electron chi connectivity index (χ3n) is 5.42. The van der Waals surface area contributed by atoms with E-state index in [0.29, 0.717) is 15.9 Å². The van der Waals surface area contributed by atoms with Crippen LogP contribution < -0.4 is 16.2 Å². The highest BCUT2D eigenvalue weighted by atomic mass is 32.1. The number of benzene rings is 2. The lowest BCUT2D eigenvalue weighted by atomic mass is 10.1. The third-order valence-corrected chi connectivity index (χ3v) is 6.31. The van der Waals surface area contributed by atoms with E-state index in [1.807, 2.05) is 42.6 Å². The topological polar surface area (TPSA) is 93.1 Å². The average molecular weight is 461 g/mol. The number of aryl methyl sites for hydroxylation is 2. The van der Waals surface area contributed by atoms with E-state index in [4.69, 9.17) is 0 Å². The molecule has 0 saturated heterocycles. The first-order valence-corrected chi connectivity index (χ1v) is 11.5. The maximum Gasteiger partial charge on any atom is 0.262 e. The van der Waals surface area contributed by atoms with E-state index in [2.05, 4.69) is 15.6 Å². The van der Waals surface area contributed by atoms with Crippen molar-refractivity contribution >= 4 is 39.1 Å². The van der Waals surface area contributed by atoms with Crippen molar-refractivity contribution in [2.24, 2.45) is 0 Å². The zero-order valence-corrected chi connectivity index (χ0v) is 19.2. The molecule has 33 heavy (non-hydrogen) atoms. The zero-order valence-electron chi connectivity index (χ0n) is 18.4. The highest BCUT2D eigenvalue weighted by Gasteiger charge is 2.15. The summed E-state index contributed by atoms with van der Waals surface area (Å²) in [4.78, 5) is 42.6. The minimum Gasteiger partial charge on any atom is -0.359 e. The Morgan fingerprint density at radius 1 is 1.06 bits per heavy atom. The average Bonchev–Trinajstić information content (AvgIpc) is 3.25. The lowest BCUT2D eigenvalue weighted by Crippen LogP contribution is -2.24. The number of fused-ring (bicyclic) bond motifs is 1. The summed E-state index contributed by atoms with van der Waals surface area (Å²) in [5.74, 6) is -0.377. The van der Waals surface area contributed by atoms with Gasteiger partial charge in [0, 0.05) is 36.6 Å². The number of aromatic nitrogens is 2. The number of carbonyl (C=O) groups excluding carboxylic acids is 2. The van der Waals surface area contributed by atoms with E-state index < -0.39 is 0 Å². The van der Waals surface area contributed by atoms with Gasteiger partial charge in [-0.05, 0) is 24.1 Å². The fourth-order valence-electron chi connectivity index (χ4n) is 3.56. The molecule has 0 aliphatic carbocycles. The van der Waals surface area contributed by atoms with Gasteiger partial charge in [0.1, 0.15) is 4.83 Å². The Morgan fingerprint density at radius 2 is 1.82 bits per heavy atom. The molecule has 0 aliphatic heterocycles. The quantitative estimate of drug-likeness (QED) is 0.439. The Balaban J connectivity index is 1.51. The molecule has 0 radical (unpaired) electrons. The van der Waals surface area contributed by atoms with Gasteiger partial charge in [0.25, 0.3) is 5.56 Å². The predicted molar refractivity (Wildman–Crippen MR) is 132 cm³/mol. The molecular formula is C25H24N4O3S. The van der Waals surface area contributed by atoms with Crippen LogP contribution in [-0.2, 0) is 22.6 Å². The maximum absolute atomic E-state index is 13.2. The maximum atomic E-state index is 13.2. The second-order valence-electron chi connectivity index (χ2n) is 7.74. The van der Waals surface area contributed by atoms with Crippen LogP contribution in [0.5, 0.6) is 0 Å². The van der Waals surface area contributed by atoms with E-state index in [0.717, 1.165) is 22.3 Å². The monoisotopic (exact) mass is 460 g/mol. The van der Waals surface area contributed by atoms with Gasteiger partial charge in [-0.2, -0.15) is 0 Å². The van der Waals surface area contributed by atoms with Crippen LogP contribution in [-0.4, -0.2) is 28.4 Å². The van der Waals surface area contributed by atoms with Crippen LogP contribution >= 0.6 is 11.3 Å². The Labute approximate surface area is 195 Å². The molecule has 7 nitrogen and oxygen atoms in total. The number of hydrogen-bond donors (Lipinski definition) is 2. The number of anilines is 1. The molecule has 168 valence electrons. The first kappa shape index (κ1) is 22.4. The van der Waals surface area contributed by atoms with Gasteiger partial charge < -0.3 is 10.6 Å².